The van der Waals surface area contributed by atoms with E-state index < -0.39 is 5.91 Å². The Labute approximate surface area is 130 Å². The summed E-state index contributed by atoms with van der Waals surface area (Å²) in [5, 5.41) is 12.4. The molecule has 1 aliphatic rings. The number of amides is 1. The number of carbonyl (C=O) groups excluding carboxylic acids is 1. The highest BCUT2D eigenvalue weighted by molar-refractivity contribution is 6.00. The Morgan fingerprint density at radius 1 is 1.18 bits per heavy atom. The van der Waals surface area contributed by atoms with E-state index >= 15 is 0 Å². The highest BCUT2D eigenvalue weighted by Gasteiger charge is 2.41. The van der Waals surface area contributed by atoms with Crippen LogP contribution in [0.4, 0.5) is 5.69 Å². The lowest BCUT2D eigenvalue weighted by molar-refractivity contribution is 0.0707. The third kappa shape index (κ3) is 2.16. The Kier molecular flexibility index (Phi) is 3.41. The number of hydroxylamine groups is 1. The monoisotopic (exact) mass is 296 g/mol. The maximum absolute atomic E-state index is 11.9. The quantitative estimate of drug-likeness (QED) is 0.586. The van der Waals surface area contributed by atoms with Crippen molar-refractivity contribution in [2.75, 3.05) is 5.32 Å². The normalized spacial score (nSPS) is 18.5. The highest BCUT2D eigenvalue weighted by Crippen LogP contribution is 2.49. The lowest BCUT2D eigenvalue weighted by Gasteiger charge is -2.28. The van der Waals surface area contributed by atoms with E-state index in [4.69, 9.17) is 5.21 Å². The lowest BCUT2D eigenvalue weighted by Crippen LogP contribution is -2.25. The van der Waals surface area contributed by atoms with Crippen LogP contribution < -0.4 is 10.8 Å². The topological polar surface area (TPSA) is 61.4 Å². The van der Waals surface area contributed by atoms with Crippen LogP contribution in [0, 0.1) is 6.92 Å². The molecule has 0 fully saturated rings. The lowest BCUT2D eigenvalue weighted by atomic mass is 9.77. The fourth-order valence-corrected chi connectivity index (χ4v) is 3.23. The van der Waals surface area contributed by atoms with Crippen LogP contribution in [-0.2, 0) is 5.41 Å². The van der Waals surface area contributed by atoms with Crippen molar-refractivity contribution in [2.24, 2.45) is 0 Å². The number of benzene rings is 2. The molecule has 1 amide bonds. The molecule has 0 bridgehead atoms. The van der Waals surface area contributed by atoms with Gasteiger partial charge in [-0.3, -0.25) is 10.0 Å². The number of nitrogens with one attached hydrogen (secondary N) is 2. The summed E-state index contributed by atoms with van der Waals surface area (Å²) in [6.07, 6.45) is 0. The Bertz CT molecular complexity index is 720. The summed E-state index contributed by atoms with van der Waals surface area (Å²) >= 11 is 0. The number of rotatable bonds is 2. The third-order valence-corrected chi connectivity index (χ3v) is 4.53. The van der Waals surface area contributed by atoms with Crippen LogP contribution in [0.15, 0.2) is 42.5 Å². The Morgan fingerprint density at radius 2 is 1.86 bits per heavy atom. The van der Waals surface area contributed by atoms with Gasteiger partial charge in [-0.1, -0.05) is 55.8 Å². The molecular formula is C18H20N2O2. The van der Waals surface area contributed by atoms with Crippen molar-refractivity contribution >= 4 is 11.6 Å². The van der Waals surface area contributed by atoms with Gasteiger partial charge in [0.15, 0.2) is 0 Å². The van der Waals surface area contributed by atoms with Crippen LogP contribution in [0.3, 0.4) is 0 Å². The summed E-state index contributed by atoms with van der Waals surface area (Å²) in [5.41, 5.74) is 6.31. The van der Waals surface area contributed by atoms with Crippen molar-refractivity contribution < 1.29 is 10.0 Å². The second-order valence-electron chi connectivity index (χ2n) is 6.38. The van der Waals surface area contributed by atoms with Crippen LogP contribution in [0.5, 0.6) is 0 Å². The van der Waals surface area contributed by atoms with E-state index in [1.807, 2.05) is 12.1 Å². The minimum Gasteiger partial charge on any atom is -0.376 e. The molecule has 4 heteroatoms. The van der Waals surface area contributed by atoms with Gasteiger partial charge in [0.05, 0.1) is 17.3 Å². The summed E-state index contributed by atoms with van der Waals surface area (Å²) in [5.74, 6) is -0.496. The number of anilines is 1. The van der Waals surface area contributed by atoms with Gasteiger partial charge in [0.25, 0.3) is 5.91 Å². The molecule has 0 unspecified atom stereocenters. The van der Waals surface area contributed by atoms with Crippen molar-refractivity contribution in [3.05, 3.63) is 64.7 Å². The highest BCUT2D eigenvalue weighted by atomic mass is 16.5. The molecule has 3 N–H and O–H groups in total. The number of para-hydroxylation sites is 1. The van der Waals surface area contributed by atoms with Crippen LogP contribution in [0.1, 0.15) is 46.9 Å². The zero-order valence-electron chi connectivity index (χ0n) is 13.0. The number of fused-ring (bicyclic) bond motifs is 1. The fourth-order valence-electron chi connectivity index (χ4n) is 3.23. The smallest absolute Gasteiger partial charge is 0.276 e. The zero-order valence-corrected chi connectivity index (χ0v) is 13.0. The molecular weight excluding hydrogens is 276 g/mol. The van der Waals surface area contributed by atoms with Crippen molar-refractivity contribution in [2.45, 2.75) is 32.2 Å². The number of carbonyl (C=O) groups is 1. The summed E-state index contributed by atoms with van der Waals surface area (Å²) in [7, 11) is 0. The van der Waals surface area contributed by atoms with Gasteiger partial charge < -0.3 is 5.32 Å². The molecule has 0 radical (unpaired) electrons. The van der Waals surface area contributed by atoms with Crippen molar-refractivity contribution in [1.29, 1.82) is 0 Å². The molecule has 1 atom stereocenters. The molecule has 1 heterocycles. The van der Waals surface area contributed by atoms with Gasteiger partial charge in [0.1, 0.15) is 0 Å². The molecule has 0 aliphatic carbocycles. The molecule has 0 aromatic heterocycles. The van der Waals surface area contributed by atoms with Gasteiger partial charge in [-0.05, 0) is 24.1 Å². The van der Waals surface area contributed by atoms with Gasteiger partial charge in [-0.25, -0.2) is 5.48 Å². The van der Waals surface area contributed by atoms with Gasteiger partial charge in [0.2, 0.25) is 0 Å². The first-order valence-electron chi connectivity index (χ1n) is 7.36. The molecule has 22 heavy (non-hydrogen) atoms. The largest absolute Gasteiger partial charge is 0.376 e. The molecule has 0 spiro atoms. The van der Waals surface area contributed by atoms with E-state index in [0.717, 1.165) is 11.3 Å². The molecule has 3 rings (SSSR count). The maximum Gasteiger partial charge on any atom is 0.276 e. The second kappa shape index (κ2) is 5.14. The second-order valence-corrected chi connectivity index (χ2v) is 6.38. The maximum atomic E-state index is 11.9. The number of hydrogen-bond acceptors (Lipinski definition) is 3. The van der Waals surface area contributed by atoms with E-state index in [9.17, 15) is 4.79 Å². The molecule has 0 saturated carbocycles. The van der Waals surface area contributed by atoms with Crippen molar-refractivity contribution in [3.63, 3.8) is 0 Å². The molecule has 2 aromatic rings. The Hall–Kier alpha value is -2.33. The van der Waals surface area contributed by atoms with Crippen molar-refractivity contribution in [3.8, 4) is 0 Å². The zero-order chi connectivity index (χ0) is 15.9. The first-order valence-corrected chi connectivity index (χ1v) is 7.36. The minimum atomic E-state index is -0.496. The van der Waals surface area contributed by atoms with E-state index in [1.54, 1.807) is 11.5 Å². The van der Waals surface area contributed by atoms with E-state index in [0.29, 0.717) is 5.56 Å². The molecule has 0 saturated heterocycles. The van der Waals surface area contributed by atoms with Crippen LogP contribution in [-0.4, -0.2) is 11.1 Å². The molecule has 114 valence electrons. The van der Waals surface area contributed by atoms with Crippen LogP contribution in [0.25, 0.3) is 0 Å². The Morgan fingerprint density at radius 3 is 2.50 bits per heavy atom. The minimum absolute atomic E-state index is 0.0794. The van der Waals surface area contributed by atoms with E-state index in [1.165, 1.54) is 11.1 Å². The van der Waals surface area contributed by atoms with E-state index in [-0.39, 0.29) is 11.5 Å². The Balaban J connectivity index is 2.08. The van der Waals surface area contributed by atoms with Crippen LogP contribution >= 0.6 is 0 Å². The summed E-state index contributed by atoms with van der Waals surface area (Å²) in [6, 6.07) is 14.1. The third-order valence-electron chi connectivity index (χ3n) is 4.53. The van der Waals surface area contributed by atoms with Crippen LogP contribution in [0.2, 0.25) is 0 Å². The molecule has 2 aromatic carbocycles. The predicted molar refractivity (Wildman–Crippen MR) is 86.3 cm³/mol. The predicted octanol–water partition coefficient (Wildman–Crippen LogP) is 3.56. The van der Waals surface area contributed by atoms with Gasteiger partial charge in [-0.2, -0.15) is 0 Å². The first-order chi connectivity index (χ1) is 10.4. The molecule has 4 nitrogen and oxygen atoms in total. The van der Waals surface area contributed by atoms with Gasteiger partial charge in [0, 0.05) is 5.41 Å². The SMILES string of the molecule is Cc1ccc([C@@H]2Nc3c(C(=O)NO)cccc3C2(C)C)cc1. The average molecular weight is 296 g/mol. The number of aryl methyl sites for hydroxylation is 1. The van der Waals surface area contributed by atoms with Crippen molar-refractivity contribution in [1.82, 2.24) is 5.48 Å². The average Bonchev–Trinajstić information content (AvgIpc) is 2.79. The summed E-state index contributed by atoms with van der Waals surface area (Å²) in [6.45, 7) is 6.39. The summed E-state index contributed by atoms with van der Waals surface area (Å²) < 4.78 is 0. The standard InChI is InChI=1S/C18H20N2O2/c1-11-7-9-12(10-8-11)16-18(2,3)14-6-4-5-13(15(14)19-16)17(21)20-22/h4-10,16,19,22H,1-3H3,(H,20,21)/t16-/m0/s1. The van der Waals surface area contributed by atoms with Gasteiger partial charge >= 0.3 is 0 Å². The number of hydrogen-bond donors (Lipinski definition) is 3. The molecule has 1 aliphatic heterocycles. The fraction of sp³-hybridized carbons (Fsp3) is 0.278. The summed E-state index contributed by atoms with van der Waals surface area (Å²) in [4.78, 5) is 11.9. The van der Waals surface area contributed by atoms with E-state index in [2.05, 4.69) is 50.4 Å². The van der Waals surface area contributed by atoms with Gasteiger partial charge in [-0.15, -0.1) is 0 Å². The first kappa shape index (κ1) is 14.6.